The summed E-state index contributed by atoms with van der Waals surface area (Å²) in [5, 5.41) is 10.4. The molecule has 3 rings (SSSR count). The number of nitrogens with one attached hydrogen (secondary N) is 2. The molecule has 0 radical (unpaired) electrons. The van der Waals surface area contributed by atoms with Crippen molar-refractivity contribution in [3.63, 3.8) is 0 Å². The highest BCUT2D eigenvalue weighted by molar-refractivity contribution is 5.96. The van der Waals surface area contributed by atoms with Crippen LogP contribution in [0.4, 0.5) is 5.69 Å². The minimum absolute atomic E-state index is 0.0207. The fraction of sp³-hybridized carbons (Fsp3) is 0.375. The summed E-state index contributed by atoms with van der Waals surface area (Å²) in [4.78, 5) is 11.9. The van der Waals surface area contributed by atoms with Crippen LogP contribution in [0.2, 0.25) is 0 Å². The maximum atomic E-state index is 11.9. The van der Waals surface area contributed by atoms with Crippen molar-refractivity contribution in [3.8, 4) is 17.0 Å². The number of hydrogen-bond acceptors (Lipinski definition) is 4. The van der Waals surface area contributed by atoms with E-state index in [0.717, 1.165) is 41.2 Å². The lowest BCUT2D eigenvalue weighted by Crippen LogP contribution is -2.18. The number of aromatic amines is 1. The van der Waals surface area contributed by atoms with Crippen molar-refractivity contribution in [1.82, 2.24) is 10.2 Å². The van der Waals surface area contributed by atoms with Crippen molar-refractivity contribution >= 4 is 11.6 Å². The van der Waals surface area contributed by atoms with Gasteiger partial charge in [-0.25, -0.2) is 0 Å². The maximum absolute atomic E-state index is 11.9. The molecule has 116 valence electrons. The zero-order valence-electron chi connectivity index (χ0n) is 12.7. The molecule has 1 fully saturated rings. The number of aromatic nitrogens is 2. The average Bonchev–Trinajstić information content (AvgIpc) is 3.29. The zero-order chi connectivity index (χ0) is 15.5. The van der Waals surface area contributed by atoms with Crippen molar-refractivity contribution in [2.45, 2.75) is 18.8 Å². The van der Waals surface area contributed by atoms with E-state index in [-0.39, 0.29) is 12.5 Å². The molecular weight excluding hydrogens is 282 g/mol. The van der Waals surface area contributed by atoms with Gasteiger partial charge in [-0.2, -0.15) is 5.10 Å². The van der Waals surface area contributed by atoms with Crippen LogP contribution in [-0.2, 0) is 9.53 Å². The Morgan fingerprint density at radius 3 is 2.91 bits per heavy atom. The Bertz CT molecular complexity index is 677. The van der Waals surface area contributed by atoms with Crippen molar-refractivity contribution in [3.05, 3.63) is 30.0 Å². The molecule has 0 spiro atoms. The number of carbonyl (C=O) groups excluding carboxylic acids is 1. The van der Waals surface area contributed by atoms with E-state index in [4.69, 9.17) is 9.47 Å². The second-order valence-electron chi connectivity index (χ2n) is 5.35. The number of carbonyl (C=O) groups is 1. The molecule has 1 aliphatic rings. The molecule has 2 N–H and O–H groups in total. The van der Waals surface area contributed by atoms with Crippen molar-refractivity contribution in [2.75, 3.05) is 26.1 Å². The molecule has 22 heavy (non-hydrogen) atoms. The number of amides is 1. The van der Waals surface area contributed by atoms with E-state index in [1.807, 2.05) is 24.3 Å². The van der Waals surface area contributed by atoms with Crippen LogP contribution < -0.4 is 10.1 Å². The second kappa shape index (κ2) is 6.19. The van der Waals surface area contributed by atoms with E-state index >= 15 is 0 Å². The van der Waals surface area contributed by atoms with Crippen LogP contribution in [0.3, 0.4) is 0 Å². The monoisotopic (exact) mass is 301 g/mol. The van der Waals surface area contributed by atoms with Gasteiger partial charge in [-0.1, -0.05) is 12.1 Å². The fourth-order valence-corrected chi connectivity index (χ4v) is 2.44. The highest BCUT2D eigenvalue weighted by Crippen LogP contribution is 2.45. The molecule has 1 aliphatic carbocycles. The summed E-state index contributed by atoms with van der Waals surface area (Å²) in [6, 6.07) is 7.63. The molecule has 1 saturated carbocycles. The van der Waals surface area contributed by atoms with Crippen LogP contribution in [-0.4, -0.2) is 36.9 Å². The van der Waals surface area contributed by atoms with Gasteiger partial charge < -0.3 is 14.8 Å². The number of ether oxygens (including phenoxy) is 2. The van der Waals surface area contributed by atoms with Crippen LogP contribution in [0.15, 0.2) is 24.3 Å². The van der Waals surface area contributed by atoms with Gasteiger partial charge in [-0.3, -0.25) is 9.89 Å². The van der Waals surface area contributed by atoms with Crippen LogP contribution in [0.5, 0.6) is 5.75 Å². The highest BCUT2D eigenvalue weighted by Gasteiger charge is 2.30. The normalized spacial score (nSPS) is 13.9. The number of rotatable bonds is 6. The SMILES string of the molecule is COCC(=O)Nc1c(-c2cccc(OC)c2)n[nH]c1C1CC1. The third-order valence-electron chi connectivity index (χ3n) is 3.66. The summed E-state index contributed by atoms with van der Waals surface area (Å²) in [7, 11) is 3.13. The number of H-pyrrole nitrogens is 1. The predicted octanol–water partition coefficient (Wildman–Crippen LogP) is 2.55. The summed E-state index contributed by atoms with van der Waals surface area (Å²) in [6.07, 6.45) is 2.24. The molecular formula is C16H19N3O3. The van der Waals surface area contributed by atoms with Crippen LogP contribution in [0.1, 0.15) is 24.5 Å². The van der Waals surface area contributed by atoms with E-state index in [2.05, 4.69) is 15.5 Å². The Morgan fingerprint density at radius 2 is 2.23 bits per heavy atom. The predicted molar refractivity (Wildman–Crippen MR) is 83.1 cm³/mol. The standard InChI is InChI=1S/C16H19N3O3/c1-21-9-13(20)17-16-14(10-6-7-10)18-19-15(16)11-4-3-5-12(8-11)22-2/h3-5,8,10H,6-7,9H2,1-2H3,(H,17,20)(H,18,19). The molecule has 0 atom stereocenters. The van der Waals surface area contributed by atoms with Gasteiger partial charge in [0.05, 0.1) is 18.5 Å². The van der Waals surface area contributed by atoms with E-state index in [1.165, 1.54) is 7.11 Å². The Balaban J connectivity index is 1.97. The van der Waals surface area contributed by atoms with E-state index < -0.39 is 0 Å². The first kappa shape index (κ1) is 14.6. The molecule has 6 nitrogen and oxygen atoms in total. The van der Waals surface area contributed by atoms with Gasteiger partial charge in [0.1, 0.15) is 18.1 Å². The summed E-state index contributed by atoms with van der Waals surface area (Å²) >= 11 is 0. The molecule has 0 bridgehead atoms. The molecule has 2 aromatic rings. The number of anilines is 1. The molecule has 1 amide bonds. The van der Waals surface area contributed by atoms with Crippen molar-refractivity contribution < 1.29 is 14.3 Å². The first-order chi connectivity index (χ1) is 10.7. The van der Waals surface area contributed by atoms with Crippen molar-refractivity contribution in [1.29, 1.82) is 0 Å². The first-order valence-corrected chi connectivity index (χ1v) is 7.24. The number of benzene rings is 1. The Kier molecular flexibility index (Phi) is 4.11. The van der Waals surface area contributed by atoms with Gasteiger partial charge >= 0.3 is 0 Å². The minimum atomic E-state index is -0.185. The maximum Gasteiger partial charge on any atom is 0.250 e. The lowest BCUT2D eigenvalue weighted by atomic mass is 10.1. The smallest absolute Gasteiger partial charge is 0.250 e. The fourth-order valence-electron chi connectivity index (χ4n) is 2.44. The second-order valence-corrected chi connectivity index (χ2v) is 5.35. The highest BCUT2D eigenvalue weighted by atomic mass is 16.5. The van der Waals surface area contributed by atoms with Crippen LogP contribution in [0, 0.1) is 0 Å². The van der Waals surface area contributed by atoms with Crippen LogP contribution >= 0.6 is 0 Å². The largest absolute Gasteiger partial charge is 0.497 e. The molecule has 0 unspecified atom stereocenters. The van der Waals surface area contributed by atoms with Gasteiger partial charge in [-0.15, -0.1) is 0 Å². The van der Waals surface area contributed by atoms with Crippen LogP contribution in [0.25, 0.3) is 11.3 Å². The number of nitrogens with zero attached hydrogens (tertiary/aromatic N) is 1. The number of methoxy groups -OCH3 is 2. The van der Waals surface area contributed by atoms with Gasteiger partial charge in [-0.05, 0) is 25.0 Å². The molecule has 1 aromatic carbocycles. The lowest BCUT2D eigenvalue weighted by molar-refractivity contribution is -0.119. The third-order valence-corrected chi connectivity index (χ3v) is 3.66. The van der Waals surface area contributed by atoms with E-state index in [9.17, 15) is 4.79 Å². The molecule has 1 aromatic heterocycles. The lowest BCUT2D eigenvalue weighted by Gasteiger charge is -2.08. The molecule has 6 heteroatoms. The average molecular weight is 301 g/mol. The zero-order valence-corrected chi connectivity index (χ0v) is 12.7. The van der Waals surface area contributed by atoms with E-state index in [1.54, 1.807) is 7.11 Å². The topological polar surface area (TPSA) is 76.2 Å². The minimum Gasteiger partial charge on any atom is -0.497 e. The van der Waals surface area contributed by atoms with E-state index in [0.29, 0.717) is 5.92 Å². The van der Waals surface area contributed by atoms with Crippen molar-refractivity contribution in [2.24, 2.45) is 0 Å². The van der Waals surface area contributed by atoms with Gasteiger partial charge in [0, 0.05) is 18.6 Å². The first-order valence-electron chi connectivity index (χ1n) is 7.24. The molecule has 0 aliphatic heterocycles. The Morgan fingerprint density at radius 1 is 1.41 bits per heavy atom. The Labute approximate surface area is 128 Å². The molecule has 1 heterocycles. The van der Waals surface area contributed by atoms with Gasteiger partial charge in [0.25, 0.3) is 0 Å². The quantitative estimate of drug-likeness (QED) is 0.859. The summed E-state index contributed by atoms with van der Waals surface area (Å²) < 4.78 is 10.1. The summed E-state index contributed by atoms with van der Waals surface area (Å²) in [5.74, 6) is 1.02. The van der Waals surface area contributed by atoms with Gasteiger partial charge in [0.15, 0.2) is 0 Å². The van der Waals surface area contributed by atoms with Gasteiger partial charge in [0.2, 0.25) is 5.91 Å². The Hall–Kier alpha value is -2.34. The summed E-state index contributed by atoms with van der Waals surface area (Å²) in [5.41, 5.74) is 3.36. The number of hydrogen-bond donors (Lipinski definition) is 2. The third kappa shape index (κ3) is 2.96. The molecule has 0 saturated heterocycles. The summed E-state index contributed by atoms with van der Waals surface area (Å²) in [6.45, 7) is 0.0207.